The molecule has 349 valence electrons. The molecule has 0 spiro atoms. The van der Waals surface area contributed by atoms with Crippen molar-refractivity contribution in [3.8, 4) is 0 Å². The number of piperidine rings is 2. The summed E-state index contributed by atoms with van der Waals surface area (Å²) in [5.41, 5.74) is 1.15. The summed E-state index contributed by atoms with van der Waals surface area (Å²) >= 11 is 0. The molecule has 0 aromatic heterocycles. The van der Waals surface area contributed by atoms with Crippen LogP contribution in [0.15, 0.2) is 91.0 Å². The van der Waals surface area contributed by atoms with Crippen LogP contribution in [0.1, 0.15) is 123 Å². The van der Waals surface area contributed by atoms with Crippen molar-refractivity contribution in [2.75, 3.05) is 19.6 Å². The number of imide groups is 1. The second kappa shape index (κ2) is 36.3. The van der Waals surface area contributed by atoms with Gasteiger partial charge in [0.25, 0.3) is 6.18 Å². The number of ether oxygens (including phenoxy) is 2. The number of benzene rings is 3. The van der Waals surface area contributed by atoms with Gasteiger partial charge in [-0.05, 0) is 97.1 Å². The van der Waals surface area contributed by atoms with E-state index in [1.54, 1.807) is 20.8 Å². The summed E-state index contributed by atoms with van der Waals surface area (Å²) in [5, 5.41) is 6.32. The summed E-state index contributed by atoms with van der Waals surface area (Å²) in [4.78, 5) is 56.4. The molecule has 3 radical (unpaired) electrons. The minimum Gasteiger partial charge on any atom is -1.00 e. The van der Waals surface area contributed by atoms with Gasteiger partial charge in [0.15, 0.2) is 5.78 Å². The molecule has 2 heterocycles. The van der Waals surface area contributed by atoms with Crippen molar-refractivity contribution in [1.82, 2.24) is 15.5 Å². The molecule has 2 fully saturated rings. The van der Waals surface area contributed by atoms with E-state index in [0.717, 1.165) is 24.3 Å². The number of amides is 3. The number of alkyl halides is 3. The molecule has 65 heavy (non-hydrogen) atoms. The molecule has 4 unspecified atom stereocenters. The van der Waals surface area contributed by atoms with Gasteiger partial charge in [0, 0.05) is 45.9 Å². The Morgan fingerprint density at radius 1 is 0.846 bits per heavy atom. The minimum atomic E-state index is -4.76. The summed E-state index contributed by atoms with van der Waals surface area (Å²) in [6.07, 6.45) is -0.670. The number of alkyl carbamates (subject to hydrolysis) is 1. The molecule has 5 rings (SSSR count). The summed E-state index contributed by atoms with van der Waals surface area (Å²) in [6.45, 7) is 19.4. The van der Waals surface area contributed by atoms with Crippen molar-refractivity contribution in [3.05, 3.63) is 108 Å². The van der Waals surface area contributed by atoms with Crippen LogP contribution < -0.4 is 57.2 Å². The Morgan fingerprint density at radius 2 is 1.35 bits per heavy atom. The van der Waals surface area contributed by atoms with Gasteiger partial charge in [0.05, 0.1) is 0 Å². The molecule has 4 atom stereocenters. The largest absolute Gasteiger partial charge is 2.00 e. The fourth-order valence-corrected chi connectivity index (χ4v) is 5.63. The van der Waals surface area contributed by atoms with Crippen LogP contribution in [0.3, 0.4) is 0 Å². The van der Waals surface area contributed by atoms with Crippen molar-refractivity contribution in [1.29, 1.82) is 0 Å². The maximum Gasteiger partial charge on any atom is 2.00 e. The van der Waals surface area contributed by atoms with Gasteiger partial charge >= 0.3 is 64.8 Å². The number of ketones is 1. The zero-order valence-electron chi connectivity index (χ0n) is 39.9. The average Bonchev–Trinajstić information content (AvgIpc) is 3.21. The molecule has 0 saturated carbocycles. The van der Waals surface area contributed by atoms with Crippen LogP contribution in [0.2, 0.25) is 0 Å². The van der Waals surface area contributed by atoms with E-state index in [0.29, 0.717) is 37.9 Å². The summed E-state index contributed by atoms with van der Waals surface area (Å²) < 4.78 is 41.4. The van der Waals surface area contributed by atoms with Gasteiger partial charge in [-0.25, -0.2) is 27.7 Å². The standard InChI is InChI=1S/C17H25NO3.C12H17N.C11H19NO3.C6H5.C2F3O.B.BrH.Mg.Na/c1-13(12-18-16(20)21-17(2,3)4)10-11-15(19)14-8-6-5-7-9-14;1-10-7-8-12(13-9-10)11-5-3-2-4-6-11;1-8-5-6-9(13)12(7-8)10(14)15-11(2,3)4;1-2-4-6-5-3-1;3-2(4,5)1-6;;;;/h5-9,13H,10-12H2,1-4H3,(H,18,20);2-6,10,12-13H,7-9H2,1H3;8H,5-7H2,1-4H3;1-5H;;;1H;;/q;;;2*-1;;;+2;+1/p-1. The third kappa shape index (κ3) is 36.1. The number of Topliss-reactive ketones (excluding diaryl/α,β-unsaturated/α-hetero) is 1. The normalized spacial score (nSPS) is 16.8. The number of hydrogen-bond acceptors (Lipinski definition) is 8. The third-order valence-electron chi connectivity index (χ3n) is 8.80. The first kappa shape index (κ1) is 68.8. The molecule has 3 aromatic rings. The van der Waals surface area contributed by atoms with Gasteiger partial charge in [-0.2, -0.15) is 42.7 Å². The minimum absolute atomic E-state index is 0. The monoisotopic (exact) mass is 990 g/mol. The van der Waals surface area contributed by atoms with Crippen molar-refractivity contribution in [3.63, 3.8) is 0 Å². The average molecular weight is 992 g/mol. The van der Waals surface area contributed by atoms with Crippen molar-refractivity contribution in [2.24, 2.45) is 17.8 Å². The van der Waals surface area contributed by atoms with Gasteiger partial charge in [-0.3, -0.25) is 9.59 Å². The van der Waals surface area contributed by atoms with Crippen LogP contribution in [0.4, 0.5) is 22.8 Å². The Hall–Kier alpha value is -2.73. The number of hydrogen-bond donors (Lipinski definition) is 2. The van der Waals surface area contributed by atoms with Crippen molar-refractivity contribution < 1.29 is 93.2 Å². The number of likely N-dealkylation sites (tertiary alicyclic amines) is 1. The van der Waals surface area contributed by atoms with Crippen LogP contribution in [0.25, 0.3) is 0 Å². The Labute approximate surface area is 436 Å². The van der Waals surface area contributed by atoms with E-state index in [1.807, 2.05) is 95.3 Å². The van der Waals surface area contributed by atoms with Crippen molar-refractivity contribution in [2.45, 2.75) is 124 Å². The van der Waals surface area contributed by atoms with Crippen LogP contribution in [0.5, 0.6) is 0 Å². The fraction of sp³-hybridized carbons (Fsp3) is 0.521. The Balaban J connectivity index is -0.000000376. The molecule has 3 amide bonds. The Bertz CT molecular complexity index is 1690. The second-order valence-electron chi connectivity index (χ2n) is 17.2. The number of halogens is 4. The zero-order chi connectivity index (χ0) is 46.1. The number of rotatable bonds is 7. The molecular formula is C48H66BBrF3MgN3NaO7. The summed E-state index contributed by atoms with van der Waals surface area (Å²) in [5.74, 6) is 1.46. The molecule has 0 bridgehead atoms. The van der Waals surface area contributed by atoms with Gasteiger partial charge in [0.1, 0.15) is 11.2 Å². The van der Waals surface area contributed by atoms with E-state index in [2.05, 4.69) is 54.0 Å². The van der Waals surface area contributed by atoms with E-state index in [9.17, 15) is 32.3 Å². The fourth-order valence-electron chi connectivity index (χ4n) is 5.63. The molecule has 3 aromatic carbocycles. The van der Waals surface area contributed by atoms with E-state index in [4.69, 9.17) is 14.3 Å². The van der Waals surface area contributed by atoms with Crippen LogP contribution in [-0.2, 0) is 19.1 Å². The van der Waals surface area contributed by atoms with Gasteiger partial charge in [-0.15, -0.1) is 0 Å². The maximum absolute atomic E-state index is 12.0. The zero-order valence-corrected chi connectivity index (χ0v) is 44.9. The topological polar surface area (TPSA) is 131 Å². The summed E-state index contributed by atoms with van der Waals surface area (Å²) in [7, 11) is 0. The number of carbonyl (C=O) groups excluding carboxylic acids is 5. The number of carbonyl (C=O) groups is 4. The van der Waals surface area contributed by atoms with Crippen molar-refractivity contribution >= 4 is 61.6 Å². The van der Waals surface area contributed by atoms with E-state index >= 15 is 0 Å². The van der Waals surface area contributed by atoms with Crippen LogP contribution in [0, 0.1) is 23.8 Å². The first-order valence-electron chi connectivity index (χ1n) is 20.7. The first-order chi connectivity index (χ1) is 28.5. The van der Waals surface area contributed by atoms with Gasteiger partial charge in [0.2, 0.25) is 5.91 Å². The van der Waals surface area contributed by atoms with E-state index < -0.39 is 29.6 Å². The summed E-state index contributed by atoms with van der Waals surface area (Å²) in [6, 6.07) is 33.1. The molecule has 2 aliphatic rings. The Morgan fingerprint density at radius 3 is 1.78 bits per heavy atom. The van der Waals surface area contributed by atoms with Crippen LogP contribution in [-0.4, -0.2) is 104 Å². The first-order valence-corrected chi connectivity index (χ1v) is 20.7. The molecule has 2 saturated heterocycles. The van der Waals surface area contributed by atoms with Crippen LogP contribution >= 0.6 is 0 Å². The quantitative estimate of drug-likeness (QED) is 0.206. The molecule has 2 aliphatic heterocycles. The van der Waals surface area contributed by atoms with E-state index in [-0.39, 0.29) is 102 Å². The third-order valence-corrected chi connectivity index (χ3v) is 8.80. The molecular weight excluding hydrogens is 926 g/mol. The smallest absolute Gasteiger partial charge is 1.00 e. The number of nitrogens with zero attached hydrogens (tertiary/aromatic N) is 1. The van der Waals surface area contributed by atoms with E-state index in [1.165, 1.54) is 29.8 Å². The number of nitrogens with one attached hydrogen (secondary N) is 2. The SMILES string of the molecule is CC(CCC(=O)c1ccccc1)CNC(=O)OC(C)(C)C.CC1CCC(=O)N(C(=O)OC(C)(C)C)C1.CC1CCC(c2ccccc2)NC1.O=[C-]C(F)(F)F.[B].[Br-].[Mg+2].[Na+].[c-]1ccccc1. The van der Waals surface area contributed by atoms with Gasteiger partial charge < -0.3 is 41.9 Å². The molecule has 2 N–H and O–H groups in total. The molecule has 0 aliphatic carbocycles. The molecule has 17 heteroatoms. The maximum atomic E-state index is 12.0. The second-order valence-corrected chi connectivity index (χ2v) is 17.2. The Kier molecular flexibility index (Phi) is 38.5. The predicted octanol–water partition coefficient (Wildman–Crippen LogP) is 4.13. The predicted molar refractivity (Wildman–Crippen MR) is 244 cm³/mol. The van der Waals surface area contributed by atoms with Gasteiger partial charge in [-0.1, -0.05) is 81.4 Å². The molecule has 10 nitrogen and oxygen atoms in total.